The lowest BCUT2D eigenvalue weighted by Gasteiger charge is -2.31. The normalized spacial score (nSPS) is 13.1. The van der Waals surface area contributed by atoms with Crippen molar-refractivity contribution in [2.24, 2.45) is 0 Å². The molecule has 3 aromatic carbocycles. The van der Waals surface area contributed by atoms with Gasteiger partial charge in [-0.2, -0.15) is 0 Å². The average molecular weight is 428 g/mol. The Morgan fingerprint density at radius 2 is 1.94 bits per heavy atom. The fraction of sp³-hybridized carbons (Fsp3) is 0.167. The van der Waals surface area contributed by atoms with E-state index in [4.69, 9.17) is 9.47 Å². The predicted molar refractivity (Wildman–Crippen MR) is 119 cm³/mol. The SMILES string of the molecule is COc1ccc(C(C)=O)c2c1N(Cc1cn(-c3cccc4ccccc34)nn1)C(=O)CO2. The maximum atomic E-state index is 12.8. The number of methoxy groups -OCH3 is 1. The second-order valence-electron chi connectivity index (χ2n) is 7.47. The fourth-order valence-corrected chi connectivity index (χ4v) is 3.96. The van der Waals surface area contributed by atoms with Gasteiger partial charge in [-0.15, -0.1) is 5.10 Å². The first-order valence-corrected chi connectivity index (χ1v) is 10.1. The van der Waals surface area contributed by atoms with E-state index in [2.05, 4.69) is 10.3 Å². The lowest BCUT2D eigenvalue weighted by Crippen LogP contribution is -2.39. The molecule has 1 aliphatic rings. The van der Waals surface area contributed by atoms with Gasteiger partial charge in [-0.05, 0) is 30.5 Å². The summed E-state index contributed by atoms with van der Waals surface area (Å²) < 4.78 is 12.8. The number of fused-ring (bicyclic) bond motifs is 2. The largest absolute Gasteiger partial charge is 0.494 e. The van der Waals surface area contributed by atoms with Crippen molar-refractivity contribution in [2.45, 2.75) is 13.5 Å². The number of carbonyl (C=O) groups excluding carboxylic acids is 2. The quantitative estimate of drug-likeness (QED) is 0.452. The van der Waals surface area contributed by atoms with Crippen LogP contribution < -0.4 is 14.4 Å². The highest BCUT2D eigenvalue weighted by atomic mass is 16.5. The third-order valence-corrected chi connectivity index (χ3v) is 5.48. The van der Waals surface area contributed by atoms with Crippen molar-refractivity contribution >= 4 is 28.2 Å². The van der Waals surface area contributed by atoms with Gasteiger partial charge in [0.05, 0.1) is 31.1 Å². The molecule has 32 heavy (non-hydrogen) atoms. The van der Waals surface area contributed by atoms with Crippen molar-refractivity contribution in [1.29, 1.82) is 0 Å². The third kappa shape index (κ3) is 3.26. The van der Waals surface area contributed by atoms with Crippen LogP contribution in [0, 0.1) is 0 Å². The van der Waals surface area contributed by atoms with Gasteiger partial charge in [-0.1, -0.05) is 41.6 Å². The van der Waals surface area contributed by atoms with Gasteiger partial charge >= 0.3 is 0 Å². The Hall–Kier alpha value is -4.20. The van der Waals surface area contributed by atoms with Gasteiger partial charge in [0, 0.05) is 5.39 Å². The maximum Gasteiger partial charge on any atom is 0.265 e. The second kappa shape index (κ2) is 7.81. The summed E-state index contributed by atoms with van der Waals surface area (Å²) in [6.07, 6.45) is 1.80. The Bertz CT molecular complexity index is 1360. The van der Waals surface area contributed by atoms with Crippen LogP contribution in [0.4, 0.5) is 5.69 Å². The maximum absolute atomic E-state index is 12.8. The Labute approximate surface area is 184 Å². The van der Waals surface area contributed by atoms with Gasteiger partial charge in [-0.3, -0.25) is 14.5 Å². The molecule has 0 saturated heterocycles. The number of ketones is 1. The summed E-state index contributed by atoms with van der Waals surface area (Å²) >= 11 is 0. The Morgan fingerprint density at radius 1 is 1.12 bits per heavy atom. The fourth-order valence-electron chi connectivity index (χ4n) is 3.96. The number of aromatic nitrogens is 3. The van der Waals surface area contributed by atoms with Crippen LogP contribution in [0.3, 0.4) is 0 Å². The number of ether oxygens (including phenoxy) is 2. The number of hydrogen-bond acceptors (Lipinski definition) is 6. The van der Waals surface area contributed by atoms with Gasteiger partial charge in [-0.25, -0.2) is 4.68 Å². The van der Waals surface area contributed by atoms with Crippen LogP contribution in [0.1, 0.15) is 23.0 Å². The Kier molecular flexibility index (Phi) is 4.82. The van der Waals surface area contributed by atoms with Crippen molar-refractivity contribution in [1.82, 2.24) is 15.0 Å². The standard InChI is InChI=1S/C24H20N4O4/c1-15(29)18-10-11-21(31-2)23-24(18)32-14-22(30)27(23)12-17-13-28(26-25-17)20-9-5-7-16-6-3-4-8-19(16)20/h3-11,13H,12,14H2,1-2H3. The molecule has 2 heterocycles. The van der Waals surface area contributed by atoms with Crippen LogP contribution in [0.2, 0.25) is 0 Å². The first-order valence-electron chi connectivity index (χ1n) is 10.1. The number of Topliss-reactive ketones (excluding diaryl/α,β-unsaturated/α-hetero) is 1. The molecule has 4 aromatic rings. The predicted octanol–water partition coefficient (Wildman–Crippen LogP) is 3.56. The summed E-state index contributed by atoms with van der Waals surface area (Å²) in [5.41, 5.74) is 2.32. The van der Waals surface area contributed by atoms with E-state index < -0.39 is 0 Å². The van der Waals surface area contributed by atoms with E-state index in [0.717, 1.165) is 16.5 Å². The molecular formula is C24H20N4O4. The molecule has 160 valence electrons. The minimum Gasteiger partial charge on any atom is -0.494 e. The van der Waals surface area contributed by atoms with Crippen LogP contribution in [0.5, 0.6) is 11.5 Å². The minimum absolute atomic E-state index is 0.153. The zero-order valence-electron chi connectivity index (χ0n) is 17.6. The molecule has 0 fully saturated rings. The molecule has 0 atom stereocenters. The highest BCUT2D eigenvalue weighted by Gasteiger charge is 2.32. The summed E-state index contributed by atoms with van der Waals surface area (Å²) in [6.45, 7) is 1.46. The molecule has 8 nitrogen and oxygen atoms in total. The number of anilines is 1. The number of carbonyl (C=O) groups is 2. The smallest absolute Gasteiger partial charge is 0.265 e. The molecule has 0 N–H and O–H groups in total. The third-order valence-electron chi connectivity index (χ3n) is 5.48. The second-order valence-corrected chi connectivity index (χ2v) is 7.47. The van der Waals surface area contributed by atoms with Crippen LogP contribution in [-0.2, 0) is 11.3 Å². The van der Waals surface area contributed by atoms with E-state index in [-0.39, 0.29) is 24.8 Å². The molecule has 0 spiro atoms. The summed E-state index contributed by atoms with van der Waals surface area (Å²) in [5.74, 6) is 0.383. The van der Waals surface area contributed by atoms with E-state index in [1.807, 2.05) is 42.5 Å². The number of amides is 1. The molecule has 0 saturated carbocycles. The molecule has 8 heteroatoms. The lowest BCUT2D eigenvalue weighted by atomic mass is 10.1. The van der Waals surface area contributed by atoms with Gasteiger partial charge < -0.3 is 9.47 Å². The van der Waals surface area contributed by atoms with Crippen LogP contribution >= 0.6 is 0 Å². The van der Waals surface area contributed by atoms with E-state index in [1.165, 1.54) is 18.9 Å². The minimum atomic E-state index is -0.254. The summed E-state index contributed by atoms with van der Waals surface area (Å²) in [6, 6.07) is 17.3. The molecular weight excluding hydrogens is 408 g/mol. The Balaban J connectivity index is 1.54. The number of nitrogens with zero attached hydrogens (tertiary/aromatic N) is 4. The monoisotopic (exact) mass is 428 g/mol. The van der Waals surface area contributed by atoms with Gasteiger partial charge in [0.25, 0.3) is 5.91 Å². The highest BCUT2D eigenvalue weighted by Crippen LogP contribution is 2.43. The summed E-state index contributed by atoms with van der Waals surface area (Å²) in [5, 5.41) is 10.7. The van der Waals surface area contributed by atoms with Crippen molar-refractivity contribution in [3.05, 3.63) is 72.1 Å². The van der Waals surface area contributed by atoms with E-state index in [1.54, 1.807) is 23.0 Å². The zero-order chi connectivity index (χ0) is 22.2. The van der Waals surface area contributed by atoms with Gasteiger partial charge in [0.1, 0.15) is 17.1 Å². The lowest BCUT2D eigenvalue weighted by molar-refractivity contribution is -0.121. The molecule has 1 aromatic heterocycles. The zero-order valence-corrected chi connectivity index (χ0v) is 17.6. The van der Waals surface area contributed by atoms with Gasteiger partial charge in [0.15, 0.2) is 18.1 Å². The molecule has 5 rings (SSSR count). The first kappa shape index (κ1) is 19.7. The van der Waals surface area contributed by atoms with Crippen LogP contribution in [-0.4, -0.2) is 40.4 Å². The highest BCUT2D eigenvalue weighted by molar-refractivity contribution is 6.05. The van der Waals surface area contributed by atoms with Gasteiger partial charge in [0.2, 0.25) is 0 Å². The van der Waals surface area contributed by atoms with Crippen molar-refractivity contribution < 1.29 is 19.1 Å². The topological polar surface area (TPSA) is 86.5 Å². The Morgan fingerprint density at radius 3 is 2.75 bits per heavy atom. The van der Waals surface area contributed by atoms with Crippen molar-refractivity contribution in [3.8, 4) is 17.2 Å². The van der Waals surface area contributed by atoms with E-state index >= 15 is 0 Å². The first-order chi connectivity index (χ1) is 15.6. The number of hydrogen-bond donors (Lipinski definition) is 0. The summed E-state index contributed by atoms with van der Waals surface area (Å²) in [4.78, 5) is 26.4. The van der Waals surface area contributed by atoms with E-state index in [0.29, 0.717) is 28.4 Å². The molecule has 0 radical (unpaired) electrons. The van der Waals surface area contributed by atoms with Crippen LogP contribution in [0.25, 0.3) is 16.5 Å². The molecule has 1 aliphatic heterocycles. The molecule has 0 bridgehead atoms. The van der Waals surface area contributed by atoms with Crippen molar-refractivity contribution in [3.63, 3.8) is 0 Å². The van der Waals surface area contributed by atoms with Crippen LogP contribution in [0.15, 0.2) is 60.8 Å². The number of rotatable bonds is 5. The summed E-state index contributed by atoms with van der Waals surface area (Å²) in [7, 11) is 1.51. The number of benzene rings is 3. The average Bonchev–Trinajstić information content (AvgIpc) is 3.28. The van der Waals surface area contributed by atoms with E-state index in [9.17, 15) is 9.59 Å². The molecule has 0 aliphatic carbocycles. The molecule has 1 amide bonds. The van der Waals surface area contributed by atoms with Crippen molar-refractivity contribution in [2.75, 3.05) is 18.6 Å². The molecule has 0 unspecified atom stereocenters.